The number of benzene rings is 1. The van der Waals surface area contributed by atoms with Gasteiger partial charge in [-0.25, -0.2) is 0 Å². The van der Waals surface area contributed by atoms with E-state index in [1.807, 2.05) is 0 Å². The molecule has 1 N–H and O–H groups in total. The molecule has 0 aliphatic heterocycles. The number of hydrogen-bond acceptors (Lipinski definition) is 1. The minimum Gasteiger partial charge on any atom is -0.385 e. The Bertz CT molecular complexity index is 374. The lowest BCUT2D eigenvalue weighted by atomic mass is 9.71. The fraction of sp³-hybridized carbons (Fsp3) is 0.538. The summed E-state index contributed by atoms with van der Waals surface area (Å²) in [5, 5.41) is 10.4. The fourth-order valence-corrected chi connectivity index (χ4v) is 2.66. The predicted molar refractivity (Wildman–Crippen MR) is 58.4 cm³/mol. The second-order valence-electron chi connectivity index (χ2n) is 4.63. The Labute approximate surface area is 98.3 Å². The van der Waals surface area contributed by atoms with E-state index in [4.69, 9.17) is 0 Å². The van der Waals surface area contributed by atoms with Gasteiger partial charge in [0.25, 0.3) is 0 Å². The molecular formula is C13H15F3O. The van der Waals surface area contributed by atoms with Crippen molar-refractivity contribution in [2.24, 2.45) is 5.92 Å². The van der Waals surface area contributed by atoms with Gasteiger partial charge in [-0.1, -0.05) is 43.2 Å². The van der Waals surface area contributed by atoms with Crippen LogP contribution >= 0.6 is 0 Å². The van der Waals surface area contributed by atoms with Crippen molar-refractivity contribution in [1.29, 1.82) is 0 Å². The lowest BCUT2D eigenvalue weighted by Crippen LogP contribution is -2.45. The number of alkyl halides is 3. The largest absolute Gasteiger partial charge is 0.394 e. The van der Waals surface area contributed by atoms with E-state index >= 15 is 0 Å². The van der Waals surface area contributed by atoms with Crippen LogP contribution in [0.4, 0.5) is 13.2 Å². The molecule has 0 unspecified atom stereocenters. The highest BCUT2D eigenvalue weighted by Gasteiger charge is 2.54. The van der Waals surface area contributed by atoms with Gasteiger partial charge in [-0.15, -0.1) is 0 Å². The summed E-state index contributed by atoms with van der Waals surface area (Å²) in [6.45, 7) is 0. The van der Waals surface area contributed by atoms with Crippen LogP contribution in [0, 0.1) is 5.92 Å². The third-order valence-corrected chi connectivity index (χ3v) is 3.55. The van der Waals surface area contributed by atoms with Crippen LogP contribution in [0.3, 0.4) is 0 Å². The Morgan fingerprint density at radius 1 is 1.12 bits per heavy atom. The van der Waals surface area contributed by atoms with Gasteiger partial charge in [0.15, 0.2) is 0 Å². The monoisotopic (exact) mass is 244 g/mol. The zero-order valence-corrected chi connectivity index (χ0v) is 9.37. The molecule has 1 saturated carbocycles. The van der Waals surface area contributed by atoms with Crippen molar-refractivity contribution in [3.63, 3.8) is 0 Å². The summed E-state index contributed by atoms with van der Waals surface area (Å²) in [6.07, 6.45) is -2.99. The maximum atomic E-state index is 13.0. The maximum Gasteiger partial charge on any atom is 0.394 e. The van der Waals surface area contributed by atoms with Gasteiger partial charge in [-0.05, 0) is 18.4 Å². The molecule has 0 heterocycles. The number of halogens is 3. The first-order chi connectivity index (χ1) is 7.94. The van der Waals surface area contributed by atoms with Crippen molar-refractivity contribution in [3.8, 4) is 0 Å². The molecule has 1 aliphatic carbocycles. The molecule has 1 fully saturated rings. The Hall–Kier alpha value is -1.03. The number of hydrogen-bond donors (Lipinski definition) is 1. The van der Waals surface area contributed by atoms with Crippen molar-refractivity contribution in [1.82, 2.24) is 0 Å². The summed E-state index contributed by atoms with van der Waals surface area (Å²) >= 11 is 0. The molecule has 0 spiro atoms. The summed E-state index contributed by atoms with van der Waals surface area (Å²) in [6, 6.07) is 8.21. The van der Waals surface area contributed by atoms with E-state index in [-0.39, 0.29) is 12.8 Å². The minimum atomic E-state index is -4.34. The topological polar surface area (TPSA) is 20.2 Å². The molecule has 0 aromatic heterocycles. The Kier molecular flexibility index (Phi) is 3.17. The lowest BCUT2D eigenvalue weighted by molar-refractivity contribution is -0.241. The Morgan fingerprint density at radius 3 is 2.35 bits per heavy atom. The smallest absolute Gasteiger partial charge is 0.385 e. The SMILES string of the molecule is O[C@]1(c2ccccc2)CCCC[C@H]1C(F)(F)F. The van der Waals surface area contributed by atoms with Crippen molar-refractivity contribution < 1.29 is 18.3 Å². The minimum absolute atomic E-state index is 0.00882. The molecule has 1 aliphatic rings. The average molecular weight is 244 g/mol. The number of aliphatic hydroxyl groups is 1. The van der Waals surface area contributed by atoms with E-state index in [9.17, 15) is 18.3 Å². The molecule has 0 bridgehead atoms. The van der Waals surface area contributed by atoms with E-state index in [1.165, 1.54) is 0 Å². The van der Waals surface area contributed by atoms with Crippen LogP contribution in [0.15, 0.2) is 30.3 Å². The van der Waals surface area contributed by atoms with Gasteiger partial charge in [0.1, 0.15) is 5.60 Å². The predicted octanol–water partition coefficient (Wildman–Crippen LogP) is 3.63. The maximum absolute atomic E-state index is 13.0. The van der Waals surface area contributed by atoms with Crippen molar-refractivity contribution in [2.45, 2.75) is 37.5 Å². The summed E-state index contributed by atoms with van der Waals surface area (Å²) in [4.78, 5) is 0. The highest BCUT2D eigenvalue weighted by atomic mass is 19.4. The average Bonchev–Trinajstić information content (AvgIpc) is 2.29. The standard InChI is InChI=1S/C13H15F3O/c14-13(15,16)11-8-4-5-9-12(11,17)10-6-2-1-3-7-10/h1-3,6-7,11,17H,4-5,8-9H2/t11-,12+/m1/s1. The summed E-state index contributed by atoms with van der Waals surface area (Å²) in [7, 11) is 0. The summed E-state index contributed by atoms with van der Waals surface area (Å²) < 4.78 is 38.9. The van der Waals surface area contributed by atoms with E-state index in [1.54, 1.807) is 30.3 Å². The van der Waals surface area contributed by atoms with Gasteiger partial charge in [0.05, 0.1) is 5.92 Å². The quantitative estimate of drug-likeness (QED) is 0.799. The number of rotatable bonds is 1. The van der Waals surface area contributed by atoms with E-state index in [0.29, 0.717) is 18.4 Å². The first-order valence-corrected chi connectivity index (χ1v) is 5.79. The van der Waals surface area contributed by atoms with Gasteiger partial charge in [-0.3, -0.25) is 0 Å². The first kappa shape index (κ1) is 12.4. The first-order valence-electron chi connectivity index (χ1n) is 5.79. The second kappa shape index (κ2) is 4.33. The molecule has 0 radical (unpaired) electrons. The summed E-state index contributed by atoms with van der Waals surface area (Å²) in [5.41, 5.74) is -1.38. The Balaban J connectivity index is 2.38. The van der Waals surface area contributed by atoms with E-state index in [2.05, 4.69) is 0 Å². The lowest BCUT2D eigenvalue weighted by Gasteiger charge is -2.41. The van der Waals surface area contributed by atoms with Crippen LogP contribution in [-0.2, 0) is 5.60 Å². The second-order valence-corrected chi connectivity index (χ2v) is 4.63. The molecule has 1 aromatic carbocycles. The molecule has 1 aromatic rings. The van der Waals surface area contributed by atoms with E-state index < -0.39 is 17.7 Å². The van der Waals surface area contributed by atoms with Crippen LogP contribution in [0.25, 0.3) is 0 Å². The third kappa shape index (κ3) is 2.32. The molecule has 17 heavy (non-hydrogen) atoms. The highest BCUT2D eigenvalue weighted by Crippen LogP contribution is 2.49. The molecular weight excluding hydrogens is 229 g/mol. The molecule has 94 valence electrons. The van der Waals surface area contributed by atoms with Crippen molar-refractivity contribution >= 4 is 0 Å². The third-order valence-electron chi connectivity index (χ3n) is 3.55. The van der Waals surface area contributed by atoms with Gasteiger partial charge < -0.3 is 5.11 Å². The zero-order chi connectivity index (χ0) is 12.5. The van der Waals surface area contributed by atoms with Crippen LogP contribution in [-0.4, -0.2) is 11.3 Å². The van der Waals surface area contributed by atoms with Gasteiger partial charge in [-0.2, -0.15) is 13.2 Å². The van der Waals surface area contributed by atoms with Crippen LogP contribution in [0.2, 0.25) is 0 Å². The Morgan fingerprint density at radius 2 is 1.76 bits per heavy atom. The zero-order valence-electron chi connectivity index (χ0n) is 9.37. The molecule has 2 rings (SSSR count). The van der Waals surface area contributed by atoms with Crippen LogP contribution in [0.1, 0.15) is 31.2 Å². The highest BCUT2D eigenvalue weighted by molar-refractivity contribution is 5.24. The molecule has 0 amide bonds. The van der Waals surface area contributed by atoms with Crippen molar-refractivity contribution in [2.75, 3.05) is 0 Å². The summed E-state index contributed by atoms with van der Waals surface area (Å²) in [5.74, 6) is -1.65. The van der Waals surface area contributed by atoms with Crippen molar-refractivity contribution in [3.05, 3.63) is 35.9 Å². The molecule has 2 atom stereocenters. The molecule has 4 heteroatoms. The molecule has 0 saturated heterocycles. The molecule has 1 nitrogen and oxygen atoms in total. The fourth-order valence-electron chi connectivity index (χ4n) is 2.66. The normalized spacial score (nSPS) is 30.2. The van der Waals surface area contributed by atoms with E-state index in [0.717, 1.165) is 0 Å². The van der Waals surface area contributed by atoms with Crippen LogP contribution < -0.4 is 0 Å². The van der Waals surface area contributed by atoms with Gasteiger partial charge in [0, 0.05) is 0 Å². The van der Waals surface area contributed by atoms with Gasteiger partial charge in [0.2, 0.25) is 0 Å². The van der Waals surface area contributed by atoms with Gasteiger partial charge >= 0.3 is 6.18 Å². The van der Waals surface area contributed by atoms with Crippen LogP contribution in [0.5, 0.6) is 0 Å².